The summed E-state index contributed by atoms with van der Waals surface area (Å²) in [5.41, 5.74) is 1.73. The third kappa shape index (κ3) is 4.24. The molecule has 3 rings (SSSR count). The molecule has 0 spiro atoms. The molecule has 1 fully saturated rings. The Morgan fingerprint density at radius 1 is 1.08 bits per heavy atom. The molecule has 1 aliphatic rings. The minimum Gasteiger partial charge on any atom is -0.508 e. The first kappa shape index (κ1) is 17.6. The average molecular weight is 360 g/mol. The lowest BCUT2D eigenvalue weighted by Crippen LogP contribution is -2.52. The molecule has 0 bridgehead atoms. The molecule has 1 heterocycles. The van der Waals surface area contributed by atoms with Gasteiger partial charge in [0.15, 0.2) is 0 Å². The van der Waals surface area contributed by atoms with E-state index in [1.54, 1.807) is 24.3 Å². The van der Waals surface area contributed by atoms with E-state index in [1.807, 2.05) is 31.2 Å². The molecule has 132 valence electrons. The quantitative estimate of drug-likeness (QED) is 0.880. The Balaban J connectivity index is 1.56. The summed E-state index contributed by atoms with van der Waals surface area (Å²) in [5, 5.41) is 12.8. The number of para-hydroxylation sites is 1. The molecule has 0 saturated carbocycles. The average Bonchev–Trinajstić information content (AvgIpc) is 2.64. The second-order valence-electron chi connectivity index (χ2n) is 6.18. The van der Waals surface area contributed by atoms with E-state index in [0.29, 0.717) is 10.7 Å². The van der Waals surface area contributed by atoms with E-state index >= 15 is 0 Å². The van der Waals surface area contributed by atoms with E-state index in [2.05, 4.69) is 15.1 Å². The SMILES string of the molecule is C[C@H](C(=O)Nc1ccccc1Cl)N1CCN(c2ccc(O)cc2)CC1. The second-order valence-corrected chi connectivity index (χ2v) is 6.59. The number of anilines is 2. The van der Waals surface area contributed by atoms with Crippen molar-refractivity contribution >= 4 is 28.9 Å². The number of aromatic hydroxyl groups is 1. The number of piperazine rings is 1. The molecule has 5 nitrogen and oxygen atoms in total. The smallest absolute Gasteiger partial charge is 0.241 e. The predicted octanol–water partition coefficient (Wildman–Crippen LogP) is 3.19. The maximum absolute atomic E-state index is 12.5. The topological polar surface area (TPSA) is 55.8 Å². The van der Waals surface area contributed by atoms with Crippen molar-refractivity contribution in [1.29, 1.82) is 0 Å². The Labute approximate surface area is 152 Å². The largest absolute Gasteiger partial charge is 0.508 e. The van der Waals surface area contributed by atoms with Crippen molar-refractivity contribution in [1.82, 2.24) is 4.90 Å². The lowest BCUT2D eigenvalue weighted by molar-refractivity contribution is -0.120. The molecule has 0 aliphatic carbocycles. The molecular formula is C19H22ClN3O2. The lowest BCUT2D eigenvalue weighted by atomic mass is 10.2. The van der Waals surface area contributed by atoms with Crippen LogP contribution in [0.5, 0.6) is 5.75 Å². The van der Waals surface area contributed by atoms with Gasteiger partial charge in [-0.25, -0.2) is 0 Å². The minimum atomic E-state index is -0.224. The van der Waals surface area contributed by atoms with Crippen molar-refractivity contribution in [3.63, 3.8) is 0 Å². The minimum absolute atomic E-state index is 0.0498. The van der Waals surface area contributed by atoms with Gasteiger partial charge in [-0.3, -0.25) is 9.69 Å². The number of phenols is 1. The standard InChI is InChI=1S/C19H22ClN3O2/c1-14(19(25)21-18-5-3-2-4-17(18)20)22-10-12-23(13-11-22)15-6-8-16(24)9-7-15/h2-9,14,24H,10-13H2,1H3,(H,21,25)/t14-/m1/s1. The zero-order valence-electron chi connectivity index (χ0n) is 14.2. The zero-order valence-corrected chi connectivity index (χ0v) is 14.9. The van der Waals surface area contributed by atoms with E-state index in [1.165, 1.54) is 0 Å². The number of hydrogen-bond acceptors (Lipinski definition) is 4. The molecule has 2 N–H and O–H groups in total. The van der Waals surface area contributed by atoms with Gasteiger partial charge in [-0.2, -0.15) is 0 Å². The molecule has 6 heteroatoms. The number of phenolic OH excluding ortho intramolecular Hbond substituents is 1. The van der Waals surface area contributed by atoms with E-state index in [4.69, 9.17) is 11.6 Å². The van der Waals surface area contributed by atoms with Gasteiger partial charge >= 0.3 is 0 Å². The first-order chi connectivity index (χ1) is 12.0. The summed E-state index contributed by atoms with van der Waals surface area (Å²) < 4.78 is 0. The van der Waals surface area contributed by atoms with E-state index in [9.17, 15) is 9.90 Å². The Hall–Kier alpha value is -2.24. The number of rotatable bonds is 4. The number of benzene rings is 2. The van der Waals surface area contributed by atoms with Crippen LogP contribution >= 0.6 is 11.6 Å². The number of carbonyl (C=O) groups is 1. The summed E-state index contributed by atoms with van der Waals surface area (Å²) >= 11 is 6.10. The summed E-state index contributed by atoms with van der Waals surface area (Å²) in [5.74, 6) is 0.221. The van der Waals surface area contributed by atoms with Gasteiger partial charge in [0.05, 0.1) is 16.8 Å². The highest BCUT2D eigenvalue weighted by Crippen LogP contribution is 2.22. The Bertz CT molecular complexity index is 728. The van der Waals surface area contributed by atoms with Crippen LogP contribution in [-0.4, -0.2) is 48.1 Å². The molecule has 0 aromatic heterocycles. The summed E-state index contributed by atoms with van der Waals surface area (Å²) in [6.45, 7) is 5.21. The van der Waals surface area contributed by atoms with Crippen LogP contribution in [0.2, 0.25) is 5.02 Å². The van der Waals surface area contributed by atoms with Gasteiger partial charge in [0, 0.05) is 31.9 Å². The number of halogens is 1. The highest BCUT2D eigenvalue weighted by molar-refractivity contribution is 6.33. The highest BCUT2D eigenvalue weighted by atomic mass is 35.5. The fourth-order valence-corrected chi connectivity index (χ4v) is 3.18. The van der Waals surface area contributed by atoms with Crippen LogP contribution in [0.4, 0.5) is 11.4 Å². The normalized spacial score (nSPS) is 16.5. The van der Waals surface area contributed by atoms with E-state index < -0.39 is 0 Å². The van der Waals surface area contributed by atoms with Gasteiger partial charge in [0.1, 0.15) is 5.75 Å². The van der Waals surface area contributed by atoms with Crippen LogP contribution in [0.1, 0.15) is 6.92 Å². The van der Waals surface area contributed by atoms with Crippen molar-refractivity contribution in [3.05, 3.63) is 53.6 Å². The summed E-state index contributed by atoms with van der Waals surface area (Å²) in [6, 6.07) is 14.2. The monoisotopic (exact) mass is 359 g/mol. The number of amides is 1. The first-order valence-electron chi connectivity index (χ1n) is 8.38. The molecule has 2 aromatic carbocycles. The number of nitrogens with one attached hydrogen (secondary N) is 1. The molecule has 25 heavy (non-hydrogen) atoms. The van der Waals surface area contributed by atoms with Crippen LogP contribution in [0.15, 0.2) is 48.5 Å². The fourth-order valence-electron chi connectivity index (χ4n) is 3.00. The Morgan fingerprint density at radius 3 is 2.36 bits per heavy atom. The van der Waals surface area contributed by atoms with Gasteiger partial charge in [-0.1, -0.05) is 23.7 Å². The molecular weight excluding hydrogens is 338 g/mol. The molecule has 1 saturated heterocycles. The molecule has 0 radical (unpaired) electrons. The molecule has 2 aromatic rings. The molecule has 0 unspecified atom stereocenters. The van der Waals surface area contributed by atoms with Crippen molar-refractivity contribution in [2.24, 2.45) is 0 Å². The fraction of sp³-hybridized carbons (Fsp3) is 0.316. The molecule has 1 atom stereocenters. The third-order valence-electron chi connectivity index (χ3n) is 4.59. The molecule has 1 amide bonds. The zero-order chi connectivity index (χ0) is 17.8. The predicted molar refractivity (Wildman–Crippen MR) is 101 cm³/mol. The van der Waals surface area contributed by atoms with Gasteiger partial charge in [0.25, 0.3) is 0 Å². The number of hydrogen-bond donors (Lipinski definition) is 2. The third-order valence-corrected chi connectivity index (χ3v) is 4.92. The van der Waals surface area contributed by atoms with Crippen LogP contribution in [0, 0.1) is 0 Å². The maximum atomic E-state index is 12.5. The molecule has 1 aliphatic heterocycles. The van der Waals surface area contributed by atoms with Gasteiger partial charge in [-0.05, 0) is 43.3 Å². The van der Waals surface area contributed by atoms with Crippen LogP contribution < -0.4 is 10.2 Å². The van der Waals surface area contributed by atoms with Crippen LogP contribution in [0.25, 0.3) is 0 Å². The number of nitrogens with zero attached hydrogens (tertiary/aromatic N) is 2. The lowest BCUT2D eigenvalue weighted by Gasteiger charge is -2.38. The Morgan fingerprint density at radius 2 is 1.72 bits per heavy atom. The van der Waals surface area contributed by atoms with Crippen molar-refractivity contribution in [2.45, 2.75) is 13.0 Å². The van der Waals surface area contributed by atoms with Crippen LogP contribution in [0.3, 0.4) is 0 Å². The first-order valence-corrected chi connectivity index (χ1v) is 8.76. The summed E-state index contributed by atoms with van der Waals surface area (Å²) in [7, 11) is 0. The Kier molecular flexibility index (Phi) is 5.46. The summed E-state index contributed by atoms with van der Waals surface area (Å²) in [6.07, 6.45) is 0. The van der Waals surface area contributed by atoms with Gasteiger partial charge in [-0.15, -0.1) is 0 Å². The van der Waals surface area contributed by atoms with E-state index in [0.717, 1.165) is 31.9 Å². The summed E-state index contributed by atoms with van der Waals surface area (Å²) in [4.78, 5) is 16.9. The van der Waals surface area contributed by atoms with Crippen molar-refractivity contribution < 1.29 is 9.90 Å². The van der Waals surface area contributed by atoms with Crippen molar-refractivity contribution in [3.8, 4) is 5.75 Å². The van der Waals surface area contributed by atoms with Crippen molar-refractivity contribution in [2.75, 3.05) is 36.4 Å². The second kappa shape index (κ2) is 7.76. The highest BCUT2D eigenvalue weighted by Gasteiger charge is 2.26. The maximum Gasteiger partial charge on any atom is 0.241 e. The number of carbonyl (C=O) groups excluding carboxylic acids is 1. The van der Waals surface area contributed by atoms with Crippen LogP contribution in [-0.2, 0) is 4.79 Å². The van der Waals surface area contributed by atoms with E-state index in [-0.39, 0.29) is 17.7 Å². The van der Waals surface area contributed by atoms with Gasteiger partial charge < -0.3 is 15.3 Å². The van der Waals surface area contributed by atoms with Gasteiger partial charge in [0.2, 0.25) is 5.91 Å².